The minimum absolute atomic E-state index is 0.161. The molecule has 3 rings (SSSR count). The van der Waals surface area contributed by atoms with Gasteiger partial charge in [-0.25, -0.2) is 8.42 Å². The lowest BCUT2D eigenvalue weighted by molar-refractivity contribution is 0.385. The third kappa shape index (κ3) is 3.15. The molecule has 0 bridgehead atoms. The fourth-order valence-corrected chi connectivity index (χ4v) is 4.65. The van der Waals surface area contributed by atoms with Crippen molar-refractivity contribution in [2.75, 3.05) is 36.8 Å². The number of rotatable bonds is 3. The van der Waals surface area contributed by atoms with Crippen molar-refractivity contribution in [1.29, 1.82) is 0 Å². The van der Waals surface area contributed by atoms with E-state index in [0.717, 1.165) is 5.69 Å². The molecule has 0 amide bonds. The molecule has 2 N–H and O–H groups in total. The summed E-state index contributed by atoms with van der Waals surface area (Å²) < 4.78 is 26.9. The first-order valence-electron chi connectivity index (χ1n) is 7.34. The lowest BCUT2D eigenvalue weighted by Crippen LogP contribution is -2.48. The average molecular weight is 352 g/mol. The first-order chi connectivity index (χ1) is 11.0. The van der Waals surface area contributed by atoms with E-state index < -0.39 is 10.0 Å². The van der Waals surface area contributed by atoms with Crippen molar-refractivity contribution < 1.29 is 8.42 Å². The van der Waals surface area contributed by atoms with E-state index in [0.29, 0.717) is 31.9 Å². The number of piperazine rings is 1. The number of para-hydroxylation sites is 2. The maximum atomic E-state index is 12.7. The molecule has 2 aromatic rings. The van der Waals surface area contributed by atoms with E-state index in [1.807, 2.05) is 24.3 Å². The maximum Gasteiger partial charge on any atom is 0.244 e. The van der Waals surface area contributed by atoms with Gasteiger partial charge >= 0.3 is 0 Å². The number of anilines is 2. The highest BCUT2D eigenvalue weighted by Crippen LogP contribution is 2.27. The summed E-state index contributed by atoms with van der Waals surface area (Å²) in [5.74, 6) is 0. The molecule has 23 heavy (non-hydrogen) atoms. The molecule has 0 saturated carbocycles. The minimum Gasteiger partial charge on any atom is -0.397 e. The Morgan fingerprint density at radius 2 is 1.52 bits per heavy atom. The number of nitrogens with zero attached hydrogens (tertiary/aromatic N) is 2. The average Bonchev–Trinajstić information content (AvgIpc) is 2.56. The van der Waals surface area contributed by atoms with Gasteiger partial charge in [-0.15, -0.1) is 0 Å². The number of hydrogen-bond acceptors (Lipinski definition) is 4. The molecule has 1 aliphatic heterocycles. The van der Waals surface area contributed by atoms with Gasteiger partial charge in [0.1, 0.15) is 4.90 Å². The number of nitrogen functional groups attached to an aromatic ring is 1. The lowest BCUT2D eigenvalue weighted by atomic mass is 10.2. The fraction of sp³-hybridized carbons (Fsp3) is 0.250. The summed E-state index contributed by atoms with van der Waals surface area (Å²) in [6, 6.07) is 14.1. The zero-order valence-electron chi connectivity index (χ0n) is 12.5. The predicted molar refractivity (Wildman–Crippen MR) is 93.3 cm³/mol. The molecule has 122 valence electrons. The normalized spacial score (nSPS) is 16.5. The van der Waals surface area contributed by atoms with Gasteiger partial charge in [0.2, 0.25) is 10.0 Å². The van der Waals surface area contributed by atoms with Gasteiger partial charge in [0.15, 0.2) is 0 Å². The monoisotopic (exact) mass is 351 g/mol. The van der Waals surface area contributed by atoms with Crippen molar-refractivity contribution >= 4 is 33.0 Å². The third-order valence-electron chi connectivity index (χ3n) is 3.97. The van der Waals surface area contributed by atoms with Crippen molar-refractivity contribution in [3.63, 3.8) is 0 Å². The smallest absolute Gasteiger partial charge is 0.244 e. The van der Waals surface area contributed by atoms with Crippen LogP contribution in [0.15, 0.2) is 53.4 Å². The van der Waals surface area contributed by atoms with E-state index >= 15 is 0 Å². The number of sulfonamides is 1. The molecule has 0 aliphatic carbocycles. The van der Waals surface area contributed by atoms with E-state index in [2.05, 4.69) is 4.90 Å². The molecule has 7 heteroatoms. The van der Waals surface area contributed by atoms with Gasteiger partial charge in [-0.1, -0.05) is 35.9 Å². The van der Waals surface area contributed by atoms with Crippen LogP contribution in [-0.2, 0) is 10.0 Å². The van der Waals surface area contributed by atoms with Gasteiger partial charge in [-0.2, -0.15) is 4.31 Å². The summed E-state index contributed by atoms with van der Waals surface area (Å²) in [4.78, 5) is 2.27. The molecule has 0 atom stereocenters. The van der Waals surface area contributed by atoms with Crippen LogP contribution in [-0.4, -0.2) is 38.9 Å². The number of benzene rings is 2. The highest BCUT2D eigenvalue weighted by Gasteiger charge is 2.30. The first kappa shape index (κ1) is 16.1. The van der Waals surface area contributed by atoms with Crippen LogP contribution in [0.3, 0.4) is 0 Å². The van der Waals surface area contributed by atoms with E-state index in [9.17, 15) is 8.42 Å². The van der Waals surface area contributed by atoms with Crippen LogP contribution < -0.4 is 10.6 Å². The van der Waals surface area contributed by atoms with E-state index in [-0.39, 0.29) is 9.92 Å². The second kappa shape index (κ2) is 6.39. The molecule has 1 fully saturated rings. The highest BCUT2D eigenvalue weighted by molar-refractivity contribution is 7.89. The van der Waals surface area contributed by atoms with Gasteiger partial charge < -0.3 is 10.6 Å². The lowest BCUT2D eigenvalue weighted by Gasteiger charge is -2.36. The van der Waals surface area contributed by atoms with Crippen molar-refractivity contribution in [2.24, 2.45) is 0 Å². The molecule has 0 spiro atoms. The Kier molecular flexibility index (Phi) is 4.48. The maximum absolute atomic E-state index is 12.7. The van der Waals surface area contributed by atoms with Gasteiger partial charge in [-0.3, -0.25) is 0 Å². The van der Waals surface area contributed by atoms with Crippen molar-refractivity contribution in [2.45, 2.75) is 4.90 Å². The van der Waals surface area contributed by atoms with Gasteiger partial charge in [0.05, 0.1) is 16.4 Å². The quantitative estimate of drug-likeness (QED) is 0.862. The second-order valence-corrected chi connectivity index (χ2v) is 7.69. The summed E-state index contributed by atoms with van der Waals surface area (Å²) in [5, 5.41) is 0.252. The SMILES string of the molecule is Nc1ccccc1N1CCN(S(=O)(=O)c2ccccc2Cl)CC1. The summed E-state index contributed by atoms with van der Waals surface area (Å²) in [7, 11) is -3.56. The summed E-state index contributed by atoms with van der Waals surface area (Å²) in [6.07, 6.45) is 0. The molecule has 5 nitrogen and oxygen atoms in total. The van der Waals surface area contributed by atoms with Crippen LogP contribution in [0, 0.1) is 0 Å². The van der Waals surface area contributed by atoms with E-state index in [1.165, 1.54) is 4.31 Å². The Bertz CT molecular complexity index is 802. The fourth-order valence-electron chi connectivity index (χ4n) is 2.74. The van der Waals surface area contributed by atoms with E-state index in [4.69, 9.17) is 17.3 Å². The van der Waals surface area contributed by atoms with Crippen LogP contribution in [0.1, 0.15) is 0 Å². The molecule has 1 saturated heterocycles. The van der Waals surface area contributed by atoms with Crippen molar-refractivity contribution in [1.82, 2.24) is 4.31 Å². The topological polar surface area (TPSA) is 66.6 Å². The summed E-state index contributed by atoms with van der Waals surface area (Å²) >= 11 is 6.04. The predicted octanol–water partition coefficient (Wildman–Crippen LogP) is 2.43. The molecule has 0 unspecified atom stereocenters. The molecular weight excluding hydrogens is 334 g/mol. The Hall–Kier alpha value is -1.76. The number of halogens is 1. The zero-order valence-corrected chi connectivity index (χ0v) is 14.1. The van der Waals surface area contributed by atoms with Gasteiger partial charge in [-0.05, 0) is 24.3 Å². The van der Waals surface area contributed by atoms with Gasteiger partial charge in [0.25, 0.3) is 0 Å². The second-order valence-electron chi connectivity index (χ2n) is 5.38. The highest BCUT2D eigenvalue weighted by atomic mass is 35.5. The summed E-state index contributed by atoms with van der Waals surface area (Å²) in [5.41, 5.74) is 7.64. The van der Waals surface area contributed by atoms with Crippen LogP contribution in [0.4, 0.5) is 11.4 Å². The van der Waals surface area contributed by atoms with E-state index in [1.54, 1.807) is 24.3 Å². The van der Waals surface area contributed by atoms with Gasteiger partial charge in [0, 0.05) is 26.2 Å². The number of hydrogen-bond donors (Lipinski definition) is 1. The molecule has 2 aromatic carbocycles. The Balaban J connectivity index is 1.77. The van der Waals surface area contributed by atoms with Crippen LogP contribution >= 0.6 is 11.6 Å². The largest absolute Gasteiger partial charge is 0.397 e. The molecule has 1 heterocycles. The summed E-state index contributed by atoms with van der Waals surface area (Å²) in [6.45, 7) is 2.00. The van der Waals surface area contributed by atoms with Crippen molar-refractivity contribution in [3.05, 3.63) is 53.6 Å². The minimum atomic E-state index is -3.56. The van der Waals surface area contributed by atoms with Crippen LogP contribution in [0.5, 0.6) is 0 Å². The number of nitrogens with two attached hydrogens (primary N) is 1. The van der Waals surface area contributed by atoms with Crippen molar-refractivity contribution in [3.8, 4) is 0 Å². The van der Waals surface area contributed by atoms with Crippen LogP contribution in [0.2, 0.25) is 5.02 Å². The molecular formula is C16H18ClN3O2S. The van der Waals surface area contributed by atoms with Crippen LogP contribution in [0.25, 0.3) is 0 Å². The Morgan fingerprint density at radius 1 is 0.913 bits per heavy atom. The first-order valence-corrected chi connectivity index (χ1v) is 9.16. The third-order valence-corrected chi connectivity index (χ3v) is 6.37. The molecule has 1 aliphatic rings. The molecule has 0 aromatic heterocycles. The Labute approximate surface area is 141 Å². The zero-order chi connectivity index (χ0) is 16.4. The molecule has 0 radical (unpaired) electrons. The standard InChI is InChI=1S/C16H18ClN3O2S/c17-13-5-1-4-8-16(13)23(21,22)20-11-9-19(10-12-20)15-7-3-2-6-14(15)18/h1-8H,9-12,18H2. The Morgan fingerprint density at radius 3 is 2.17 bits per heavy atom.